The number of para-hydroxylation sites is 1. The normalized spacial score (nSPS) is 10.2. The first-order valence-corrected chi connectivity index (χ1v) is 6.82. The monoisotopic (exact) mass is 281 g/mol. The van der Waals surface area contributed by atoms with Crippen LogP contribution in [0.2, 0.25) is 0 Å². The van der Waals surface area contributed by atoms with Gasteiger partial charge in [-0.3, -0.25) is 0 Å². The second-order valence-corrected chi connectivity index (χ2v) is 5.08. The average molecular weight is 281 g/mol. The molecule has 0 unspecified atom stereocenters. The number of anilines is 3. The first kappa shape index (κ1) is 14.7. The van der Waals surface area contributed by atoms with Crippen molar-refractivity contribution in [2.24, 2.45) is 0 Å². The van der Waals surface area contributed by atoms with Crippen molar-refractivity contribution in [1.29, 1.82) is 5.26 Å². The molecule has 0 amide bonds. The molecule has 2 aromatic carbocycles. The average Bonchev–Trinajstić information content (AvgIpc) is 2.48. The summed E-state index contributed by atoms with van der Waals surface area (Å²) in [6.07, 6.45) is 0.0646. The molecule has 0 saturated heterocycles. The van der Waals surface area contributed by atoms with E-state index in [-0.39, 0.29) is 6.10 Å². The van der Waals surface area contributed by atoms with Gasteiger partial charge in [-0.15, -0.1) is 0 Å². The zero-order valence-corrected chi connectivity index (χ0v) is 12.5. The molecule has 2 N–H and O–H groups in total. The van der Waals surface area contributed by atoms with Gasteiger partial charge in [-0.2, -0.15) is 5.26 Å². The third kappa shape index (κ3) is 3.26. The van der Waals surface area contributed by atoms with Crippen molar-refractivity contribution in [3.8, 4) is 11.8 Å². The van der Waals surface area contributed by atoms with E-state index in [0.717, 1.165) is 11.4 Å². The Morgan fingerprint density at radius 2 is 1.90 bits per heavy atom. The molecular formula is C17H19N3O. The highest BCUT2D eigenvalue weighted by Gasteiger charge is 2.12. The van der Waals surface area contributed by atoms with Crippen LogP contribution >= 0.6 is 0 Å². The molecule has 0 aliphatic heterocycles. The molecule has 21 heavy (non-hydrogen) atoms. The zero-order valence-electron chi connectivity index (χ0n) is 12.5. The number of hydrogen-bond donors (Lipinski definition) is 1. The lowest BCUT2D eigenvalue weighted by molar-refractivity contribution is 0.244. The van der Waals surface area contributed by atoms with Crippen LogP contribution in [0.25, 0.3) is 0 Å². The Morgan fingerprint density at radius 1 is 1.19 bits per heavy atom. The molecule has 0 heterocycles. The summed E-state index contributed by atoms with van der Waals surface area (Å²) in [5, 5.41) is 9.00. The summed E-state index contributed by atoms with van der Waals surface area (Å²) in [6, 6.07) is 15.2. The number of nitrogens with two attached hydrogens (primary N) is 1. The molecule has 4 nitrogen and oxygen atoms in total. The Labute approximate surface area is 125 Å². The lowest BCUT2D eigenvalue weighted by Gasteiger charge is -2.23. The van der Waals surface area contributed by atoms with E-state index < -0.39 is 0 Å². The number of ether oxygens (including phenoxy) is 1. The van der Waals surface area contributed by atoms with Gasteiger partial charge in [-0.1, -0.05) is 12.1 Å². The molecule has 2 aromatic rings. The van der Waals surface area contributed by atoms with E-state index in [1.165, 1.54) is 0 Å². The van der Waals surface area contributed by atoms with Gasteiger partial charge >= 0.3 is 0 Å². The number of rotatable bonds is 4. The summed E-state index contributed by atoms with van der Waals surface area (Å²) < 4.78 is 5.71. The van der Waals surface area contributed by atoms with Crippen LogP contribution < -0.4 is 15.4 Å². The summed E-state index contributed by atoms with van der Waals surface area (Å²) in [7, 11) is 1.92. The summed E-state index contributed by atoms with van der Waals surface area (Å²) in [4.78, 5) is 1.95. The topological polar surface area (TPSA) is 62.3 Å². The minimum Gasteiger partial charge on any atom is -0.489 e. The molecule has 0 spiro atoms. The number of hydrogen-bond acceptors (Lipinski definition) is 4. The molecule has 4 heteroatoms. The Morgan fingerprint density at radius 3 is 2.57 bits per heavy atom. The Bertz CT molecular complexity index is 674. The van der Waals surface area contributed by atoms with Crippen LogP contribution in [0.5, 0.6) is 5.75 Å². The van der Waals surface area contributed by atoms with Gasteiger partial charge in [0.05, 0.1) is 29.1 Å². The Hall–Kier alpha value is -2.67. The molecule has 0 radical (unpaired) electrons. The van der Waals surface area contributed by atoms with E-state index in [4.69, 9.17) is 15.7 Å². The third-order valence-corrected chi connectivity index (χ3v) is 3.13. The number of benzene rings is 2. The van der Waals surface area contributed by atoms with E-state index in [9.17, 15) is 0 Å². The number of nitriles is 1. The SMILES string of the molecule is CC(C)Oc1cccc(N(C)c2cccc(C#N)c2)c1N. The van der Waals surface area contributed by atoms with Crippen molar-refractivity contribution in [2.75, 3.05) is 17.7 Å². The van der Waals surface area contributed by atoms with Crippen LogP contribution in [0.3, 0.4) is 0 Å². The fourth-order valence-corrected chi connectivity index (χ4v) is 2.10. The second kappa shape index (κ2) is 6.19. The number of nitrogen functional groups attached to an aromatic ring is 1. The lowest BCUT2D eigenvalue weighted by atomic mass is 10.1. The van der Waals surface area contributed by atoms with Gasteiger partial charge < -0.3 is 15.4 Å². The molecule has 0 saturated carbocycles. The molecule has 0 aliphatic rings. The van der Waals surface area contributed by atoms with Crippen molar-refractivity contribution in [3.63, 3.8) is 0 Å². The van der Waals surface area contributed by atoms with Crippen LogP contribution in [-0.2, 0) is 0 Å². The summed E-state index contributed by atoms with van der Waals surface area (Å²) in [5.41, 5.74) is 9.18. The van der Waals surface area contributed by atoms with Gasteiger partial charge in [0.25, 0.3) is 0 Å². The molecule has 0 aliphatic carbocycles. The van der Waals surface area contributed by atoms with Gasteiger partial charge in [0.1, 0.15) is 5.75 Å². The van der Waals surface area contributed by atoms with Crippen molar-refractivity contribution >= 4 is 17.1 Å². The smallest absolute Gasteiger partial charge is 0.144 e. The molecule has 0 aromatic heterocycles. The van der Waals surface area contributed by atoms with Crippen LogP contribution in [0.1, 0.15) is 19.4 Å². The molecule has 2 rings (SSSR count). The summed E-state index contributed by atoms with van der Waals surface area (Å²) >= 11 is 0. The van der Waals surface area contributed by atoms with Gasteiger partial charge in [0.15, 0.2) is 0 Å². The highest BCUT2D eigenvalue weighted by Crippen LogP contribution is 2.35. The third-order valence-electron chi connectivity index (χ3n) is 3.13. The van der Waals surface area contributed by atoms with Crippen molar-refractivity contribution in [1.82, 2.24) is 0 Å². The van der Waals surface area contributed by atoms with E-state index in [1.54, 1.807) is 6.07 Å². The highest BCUT2D eigenvalue weighted by molar-refractivity contribution is 5.79. The van der Waals surface area contributed by atoms with Crippen LogP contribution in [0.15, 0.2) is 42.5 Å². The second-order valence-electron chi connectivity index (χ2n) is 5.08. The molecule has 108 valence electrons. The largest absolute Gasteiger partial charge is 0.489 e. The predicted octanol–water partition coefficient (Wildman–Crippen LogP) is 3.70. The lowest BCUT2D eigenvalue weighted by Crippen LogP contribution is -2.14. The van der Waals surface area contributed by atoms with Gasteiger partial charge in [0.2, 0.25) is 0 Å². The maximum absolute atomic E-state index is 9.00. The Kier molecular flexibility index (Phi) is 4.34. The maximum Gasteiger partial charge on any atom is 0.144 e. The van der Waals surface area contributed by atoms with Gasteiger partial charge in [-0.25, -0.2) is 0 Å². The summed E-state index contributed by atoms with van der Waals surface area (Å²) in [5.74, 6) is 0.672. The van der Waals surface area contributed by atoms with Crippen LogP contribution in [-0.4, -0.2) is 13.2 Å². The van der Waals surface area contributed by atoms with Crippen molar-refractivity contribution in [2.45, 2.75) is 20.0 Å². The fourth-order valence-electron chi connectivity index (χ4n) is 2.10. The van der Waals surface area contributed by atoms with Gasteiger partial charge in [-0.05, 0) is 44.2 Å². The maximum atomic E-state index is 9.00. The number of nitrogens with zero attached hydrogens (tertiary/aromatic N) is 2. The molecule has 0 bridgehead atoms. The van der Waals surface area contributed by atoms with Crippen LogP contribution in [0.4, 0.5) is 17.1 Å². The quantitative estimate of drug-likeness (QED) is 0.868. The molecule has 0 fully saturated rings. The van der Waals surface area contributed by atoms with E-state index >= 15 is 0 Å². The van der Waals surface area contributed by atoms with Gasteiger partial charge in [0, 0.05) is 12.7 Å². The minimum absolute atomic E-state index is 0.0646. The zero-order chi connectivity index (χ0) is 15.4. The Balaban J connectivity index is 2.39. The predicted molar refractivity (Wildman–Crippen MR) is 85.8 cm³/mol. The van der Waals surface area contributed by atoms with Crippen molar-refractivity contribution < 1.29 is 4.74 Å². The standard InChI is InChI=1S/C17H19N3O/c1-12(2)21-16-9-5-8-15(17(16)19)20(3)14-7-4-6-13(10-14)11-18/h4-10,12H,19H2,1-3H3. The van der Waals surface area contributed by atoms with E-state index in [1.807, 2.05) is 62.2 Å². The highest BCUT2D eigenvalue weighted by atomic mass is 16.5. The van der Waals surface area contributed by atoms with Crippen LogP contribution in [0, 0.1) is 11.3 Å². The minimum atomic E-state index is 0.0646. The van der Waals surface area contributed by atoms with E-state index in [2.05, 4.69) is 6.07 Å². The van der Waals surface area contributed by atoms with Crippen molar-refractivity contribution in [3.05, 3.63) is 48.0 Å². The first-order valence-electron chi connectivity index (χ1n) is 6.82. The van der Waals surface area contributed by atoms with E-state index in [0.29, 0.717) is 17.0 Å². The fraction of sp³-hybridized carbons (Fsp3) is 0.235. The first-order chi connectivity index (χ1) is 10.0. The molecule has 0 atom stereocenters. The summed E-state index contributed by atoms with van der Waals surface area (Å²) in [6.45, 7) is 3.93. The molecular weight excluding hydrogens is 262 g/mol.